The van der Waals surface area contributed by atoms with Crippen LogP contribution in [0.3, 0.4) is 0 Å². The van der Waals surface area contributed by atoms with Crippen LogP contribution in [0.1, 0.15) is 174 Å². The van der Waals surface area contributed by atoms with Gasteiger partial charge in [-0.25, -0.2) is 0 Å². The second-order valence-corrected chi connectivity index (χ2v) is 11.7. The van der Waals surface area contributed by atoms with Gasteiger partial charge in [-0.2, -0.15) is 0 Å². The minimum atomic E-state index is -0.731. The third kappa shape index (κ3) is 32.4. The first kappa shape index (κ1) is 39.9. The highest BCUT2D eigenvalue weighted by Crippen LogP contribution is 2.17. The summed E-state index contributed by atoms with van der Waals surface area (Å²) < 4.78 is 5.81. The number of rotatable bonds is 31. The van der Waals surface area contributed by atoms with Gasteiger partial charge in [-0.1, -0.05) is 133 Å². The molecule has 0 aromatic rings. The molecule has 4 nitrogen and oxygen atoms in total. The van der Waals surface area contributed by atoms with Crippen LogP contribution in [-0.4, -0.2) is 23.1 Å². The van der Waals surface area contributed by atoms with E-state index in [2.05, 4.69) is 62.5 Å². The highest BCUT2D eigenvalue weighted by atomic mass is 16.5. The lowest BCUT2D eigenvalue weighted by Gasteiger charge is -2.18. The Morgan fingerprint density at radius 3 is 1.55 bits per heavy atom. The normalized spacial score (nSPS) is 12.8. The fraction of sp³-hybridized carbons (Fsp3) is 0.737. The first-order valence-corrected chi connectivity index (χ1v) is 17.6. The predicted molar refractivity (Wildman–Crippen MR) is 181 cm³/mol. The summed E-state index contributed by atoms with van der Waals surface area (Å²) in [6, 6.07) is 0. The second-order valence-electron chi connectivity index (χ2n) is 11.7. The van der Waals surface area contributed by atoms with Crippen molar-refractivity contribution >= 4 is 11.9 Å². The van der Waals surface area contributed by atoms with E-state index in [0.717, 1.165) is 77.0 Å². The van der Waals surface area contributed by atoms with Crippen molar-refractivity contribution in [1.82, 2.24) is 0 Å². The van der Waals surface area contributed by atoms with Crippen LogP contribution in [0, 0.1) is 0 Å². The summed E-state index contributed by atoms with van der Waals surface area (Å²) in [6.45, 7) is 4.35. The van der Waals surface area contributed by atoms with Gasteiger partial charge in [0.05, 0.1) is 0 Å². The van der Waals surface area contributed by atoms with Crippen molar-refractivity contribution in [2.24, 2.45) is 0 Å². The Morgan fingerprint density at radius 1 is 0.548 bits per heavy atom. The third-order valence-corrected chi connectivity index (χ3v) is 7.57. The van der Waals surface area contributed by atoms with Crippen LogP contribution in [0.15, 0.2) is 48.6 Å². The molecule has 0 aromatic heterocycles. The molecule has 4 heteroatoms. The van der Waals surface area contributed by atoms with E-state index in [0.29, 0.717) is 12.8 Å². The molecule has 0 saturated carbocycles. The minimum absolute atomic E-state index is 0.00259. The zero-order valence-corrected chi connectivity index (χ0v) is 27.5. The highest BCUT2D eigenvalue weighted by Gasteiger charge is 2.14. The van der Waals surface area contributed by atoms with Gasteiger partial charge in [0.25, 0.3) is 0 Å². The Balaban J connectivity index is 3.62. The average Bonchev–Trinajstić information content (AvgIpc) is 2.97. The minimum Gasteiger partial charge on any atom is -0.481 e. The molecule has 1 unspecified atom stereocenters. The predicted octanol–water partition coefficient (Wildman–Crippen LogP) is 12.0. The van der Waals surface area contributed by atoms with Crippen LogP contribution in [-0.2, 0) is 14.3 Å². The highest BCUT2D eigenvalue weighted by molar-refractivity contribution is 5.69. The number of carboxylic acid groups (broad SMARTS) is 1. The molecule has 42 heavy (non-hydrogen) atoms. The molecular weight excluding hydrogens is 520 g/mol. The van der Waals surface area contributed by atoms with Crippen LogP contribution in [0.4, 0.5) is 0 Å². The molecule has 0 radical (unpaired) electrons. The summed E-state index contributed by atoms with van der Waals surface area (Å²) in [4.78, 5) is 23.0. The number of aliphatic carboxylic acids is 1. The summed E-state index contributed by atoms with van der Waals surface area (Å²) in [5, 5.41) is 8.78. The number of esters is 1. The van der Waals surface area contributed by atoms with E-state index in [1.807, 2.05) is 0 Å². The molecule has 0 saturated heterocycles. The number of hydrogen-bond acceptors (Lipinski definition) is 3. The molecule has 0 aromatic carbocycles. The Hall–Kier alpha value is -2.10. The summed E-state index contributed by atoms with van der Waals surface area (Å²) >= 11 is 0. The van der Waals surface area contributed by atoms with Gasteiger partial charge in [0.1, 0.15) is 6.10 Å². The van der Waals surface area contributed by atoms with Gasteiger partial charge >= 0.3 is 11.9 Å². The summed E-state index contributed by atoms with van der Waals surface area (Å²) in [6.07, 6.45) is 44.5. The monoisotopic (exact) mass is 586 g/mol. The third-order valence-electron chi connectivity index (χ3n) is 7.57. The molecule has 0 aliphatic rings. The number of unbranched alkanes of at least 4 members (excludes halogenated alkanes) is 14. The summed E-state index contributed by atoms with van der Waals surface area (Å²) in [5.41, 5.74) is 0. The topological polar surface area (TPSA) is 63.6 Å². The Labute approximate surface area is 260 Å². The fourth-order valence-electron chi connectivity index (χ4n) is 5.00. The number of carboxylic acids is 1. The molecule has 0 heterocycles. The van der Waals surface area contributed by atoms with E-state index in [1.165, 1.54) is 64.2 Å². The molecule has 1 atom stereocenters. The SMILES string of the molecule is CC/C=C\C/C=C\C/C=C\C/C=C\CCCCCCCCCCCCC(=O)OC(CCCCC)CCCCCC(=O)O. The molecule has 0 rings (SSSR count). The molecule has 242 valence electrons. The average molecular weight is 587 g/mol. The first-order valence-electron chi connectivity index (χ1n) is 17.6. The lowest BCUT2D eigenvalue weighted by Crippen LogP contribution is -2.18. The van der Waals surface area contributed by atoms with Crippen molar-refractivity contribution in [3.8, 4) is 0 Å². The molecule has 0 amide bonds. The Bertz CT molecular complexity index is 719. The van der Waals surface area contributed by atoms with Gasteiger partial charge < -0.3 is 9.84 Å². The van der Waals surface area contributed by atoms with E-state index in [1.54, 1.807) is 0 Å². The molecular formula is C38H66O4. The number of hydrogen-bond donors (Lipinski definition) is 1. The van der Waals surface area contributed by atoms with Gasteiger partial charge in [0.2, 0.25) is 0 Å². The quantitative estimate of drug-likeness (QED) is 0.0498. The van der Waals surface area contributed by atoms with Gasteiger partial charge in [0.15, 0.2) is 0 Å². The van der Waals surface area contributed by atoms with Crippen molar-refractivity contribution in [2.45, 2.75) is 180 Å². The molecule has 0 aliphatic carbocycles. The largest absolute Gasteiger partial charge is 0.481 e. The maximum atomic E-state index is 12.4. The van der Waals surface area contributed by atoms with Crippen LogP contribution in [0.2, 0.25) is 0 Å². The van der Waals surface area contributed by atoms with E-state index in [9.17, 15) is 9.59 Å². The van der Waals surface area contributed by atoms with E-state index < -0.39 is 5.97 Å². The maximum Gasteiger partial charge on any atom is 0.306 e. The molecule has 0 bridgehead atoms. The zero-order chi connectivity index (χ0) is 30.8. The number of carbonyl (C=O) groups excluding carboxylic acids is 1. The number of carbonyl (C=O) groups is 2. The Kier molecular flexibility index (Phi) is 31.7. The molecule has 0 spiro atoms. The van der Waals surface area contributed by atoms with Crippen LogP contribution in [0.5, 0.6) is 0 Å². The van der Waals surface area contributed by atoms with Gasteiger partial charge in [-0.05, 0) is 77.0 Å². The van der Waals surface area contributed by atoms with Crippen molar-refractivity contribution in [2.75, 3.05) is 0 Å². The van der Waals surface area contributed by atoms with Gasteiger partial charge in [-0.15, -0.1) is 0 Å². The van der Waals surface area contributed by atoms with Crippen molar-refractivity contribution < 1.29 is 19.4 Å². The van der Waals surface area contributed by atoms with E-state index in [4.69, 9.17) is 9.84 Å². The number of ether oxygens (including phenoxy) is 1. The summed E-state index contributed by atoms with van der Waals surface area (Å²) in [7, 11) is 0. The smallest absolute Gasteiger partial charge is 0.306 e. The Morgan fingerprint density at radius 2 is 1.00 bits per heavy atom. The van der Waals surface area contributed by atoms with E-state index in [-0.39, 0.29) is 18.5 Å². The van der Waals surface area contributed by atoms with Crippen molar-refractivity contribution in [3.63, 3.8) is 0 Å². The lowest BCUT2D eigenvalue weighted by molar-refractivity contribution is -0.150. The van der Waals surface area contributed by atoms with E-state index >= 15 is 0 Å². The van der Waals surface area contributed by atoms with Gasteiger partial charge in [0, 0.05) is 12.8 Å². The number of allylic oxidation sites excluding steroid dienone is 8. The fourth-order valence-corrected chi connectivity index (χ4v) is 5.00. The van der Waals surface area contributed by atoms with Crippen molar-refractivity contribution in [1.29, 1.82) is 0 Å². The zero-order valence-electron chi connectivity index (χ0n) is 27.5. The molecule has 1 N–H and O–H groups in total. The van der Waals surface area contributed by atoms with Crippen molar-refractivity contribution in [3.05, 3.63) is 48.6 Å². The van der Waals surface area contributed by atoms with Crippen LogP contribution >= 0.6 is 0 Å². The summed E-state index contributed by atoms with van der Waals surface area (Å²) in [5.74, 6) is -0.780. The van der Waals surface area contributed by atoms with Crippen LogP contribution < -0.4 is 0 Å². The first-order chi connectivity index (χ1) is 20.6. The molecule has 0 aliphatic heterocycles. The standard InChI is InChI=1S/C38H66O4/c1-3-5-7-8-9-10-11-12-13-14-15-16-17-18-19-20-21-22-23-24-25-26-31-35-38(41)42-36(32-28-6-4-2)33-29-27-30-34-37(39)40/h5,7,9-10,12-13,15-16,36H,3-4,6,8,11,14,17-35H2,1-2H3,(H,39,40)/b7-5-,10-9-,13-12-,16-15-. The van der Waals surface area contributed by atoms with Gasteiger partial charge in [-0.3, -0.25) is 9.59 Å². The maximum absolute atomic E-state index is 12.4. The molecule has 0 fully saturated rings. The second kappa shape index (κ2) is 33.4. The van der Waals surface area contributed by atoms with Crippen LogP contribution in [0.25, 0.3) is 0 Å². The lowest BCUT2D eigenvalue weighted by atomic mass is 10.0.